The number of hydrogen-bond acceptors (Lipinski definition) is 5. The number of furan rings is 1. The summed E-state index contributed by atoms with van der Waals surface area (Å²) < 4.78 is 9.06. The molecule has 0 radical (unpaired) electrons. The second kappa shape index (κ2) is 11.9. The van der Waals surface area contributed by atoms with Crippen LogP contribution in [0.15, 0.2) is 168 Å². The number of para-hydroxylation sites is 2. The molecule has 0 amide bonds. The van der Waals surface area contributed by atoms with Crippen LogP contribution in [-0.2, 0) is 0 Å². The van der Waals surface area contributed by atoms with Crippen LogP contribution in [0.4, 0.5) is 0 Å². The number of pyridine rings is 1. The molecule has 6 aromatic carbocycles. The van der Waals surface area contributed by atoms with Gasteiger partial charge in [-0.1, -0.05) is 133 Å². The van der Waals surface area contributed by atoms with E-state index in [1.165, 1.54) is 31.3 Å². The summed E-state index contributed by atoms with van der Waals surface area (Å²) in [5, 5.41) is 5.72. The number of hydrogen-bond donors (Lipinski definition) is 0. The first kappa shape index (κ1) is 30.0. The lowest BCUT2D eigenvalue weighted by Gasteiger charge is -2.11. The minimum absolute atomic E-state index is 0.690. The van der Waals surface area contributed by atoms with Crippen LogP contribution in [0.5, 0.6) is 0 Å². The van der Waals surface area contributed by atoms with Gasteiger partial charge in [0, 0.05) is 47.6 Å². The standard InChI is InChI=1S/C48H29N3OS/c1-2-11-30(10-1)40-28-41(31-22-20-29(21-23-31)34-15-9-16-36-35-12-5-8-19-43(35)53-47(34)36)51-48(50-40)33-26-24-32(25-27-33)45-44-38-14-4-7-18-42(38)52-46(44)37-13-3-6-17-39(37)49-45/h1,3-28H,2H2. The predicted octanol–water partition coefficient (Wildman–Crippen LogP) is 13.3. The van der Waals surface area contributed by atoms with E-state index in [-0.39, 0.29) is 0 Å². The summed E-state index contributed by atoms with van der Waals surface area (Å²) in [6.07, 6.45) is 7.46. The molecule has 4 nitrogen and oxygen atoms in total. The van der Waals surface area contributed by atoms with Crippen LogP contribution in [0, 0.1) is 0 Å². The monoisotopic (exact) mass is 695 g/mol. The van der Waals surface area contributed by atoms with Gasteiger partial charge in [0.1, 0.15) is 11.2 Å². The van der Waals surface area contributed by atoms with Gasteiger partial charge >= 0.3 is 0 Å². The highest BCUT2D eigenvalue weighted by molar-refractivity contribution is 7.26. The molecule has 53 heavy (non-hydrogen) atoms. The van der Waals surface area contributed by atoms with Crippen molar-refractivity contribution in [1.29, 1.82) is 0 Å². The third-order valence-corrected chi connectivity index (χ3v) is 11.5. The van der Waals surface area contributed by atoms with E-state index in [0.717, 1.165) is 78.6 Å². The average molecular weight is 696 g/mol. The summed E-state index contributed by atoms with van der Waals surface area (Å²) in [5.41, 5.74) is 11.9. The highest BCUT2D eigenvalue weighted by atomic mass is 32.1. The largest absolute Gasteiger partial charge is 0.455 e. The Balaban J connectivity index is 0.998. The Hall–Kier alpha value is -6.69. The number of benzene rings is 6. The zero-order valence-electron chi connectivity index (χ0n) is 28.5. The second-order valence-corrected chi connectivity index (χ2v) is 14.5. The van der Waals surface area contributed by atoms with Crippen molar-refractivity contribution in [2.24, 2.45) is 0 Å². The first-order chi connectivity index (χ1) is 26.2. The maximum Gasteiger partial charge on any atom is 0.160 e. The molecule has 0 spiro atoms. The van der Waals surface area contributed by atoms with Gasteiger partial charge in [-0.2, -0.15) is 0 Å². The molecule has 0 aliphatic heterocycles. The summed E-state index contributed by atoms with van der Waals surface area (Å²) in [6, 6.07) is 51.0. The van der Waals surface area contributed by atoms with Crippen molar-refractivity contribution in [3.05, 3.63) is 170 Å². The molecule has 5 heteroatoms. The second-order valence-electron chi connectivity index (χ2n) is 13.5. The zero-order chi connectivity index (χ0) is 34.9. The van der Waals surface area contributed by atoms with Crippen LogP contribution in [0.25, 0.3) is 104 Å². The molecule has 11 rings (SSSR count). The fourth-order valence-electron chi connectivity index (χ4n) is 7.71. The number of nitrogens with zero attached hydrogens (tertiary/aromatic N) is 3. The lowest BCUT2D eigenvalue weighted by molar-refractivity contribution is 0.672. The molecule has 248 valence electrons. The molecule has 0 atom stereocenters. The van der Waals surface area contributed by atoms with E-state index in [1.54, 1.807) is 0 Å². The Morgan fingerprint density at radius 1 is 0.547 bits per heavy atom. The van der Waals surface area contributed by atoms with Crippen molar-refractivity contribution in [3.63, 3.8) is 0 Å². The number of allylic oxidation sites excluding steroid dienone is 4. The van der Waals surface area contributed by atoms with Crippen LogP contribution in [0.1, 0.15) is 12.1 Å². The highest BCUT2D eigenvalue weighted by Gasteiger charge is 2.19. The Morgan fingerprint density at radius 2 is 1.25 bits per heavy atom. The van der Waals surface area contributed by atoms with E-state index in [9.17, 15) is 0 Å². The topological polar surface area (TPSA) is 51.8 Å². The van der Waals surface area contributed by atoms with Crippen molar-refractivity contribution < 1.29 is 4.42 Å². The number of fused-ring (bicyclic) bond motifs is 8. The van der Waals surface area contributed by atoms with Crippen LogP contribution < -0.4 is 0 Å². The molecular weight excluding hydrogens is 667 g/mol. The first-order valence-electron chi connectivity index (χ1n) is 17.8. The predicted molar refractivity (Wildman–Crippen MR) is 221 cm³/mol. The van der Waals surface area contributed by atoms with Crippen molar-refractivity contribution in [1.82, 2.24) is 15.0 Å². The fourth-order valence-corrected chi connectivity index (χ4v) is 8.95. The Labute approximate surface area is 309 Å². The molecule has 0 saturated heterocycles. The van der Waals surface area contributed by atoms with Crippen LogP contribution >= 0.6 is 11.3 Å². The number of aromatic nitrogens is 3. The van der Waals surface area contributed by atoms with Gasteiger partial charge in [-0.3, -0.25) is 0 Å². The molecule has 0 unspecified atom stereocenters. The van der Waals surface area contributed by atoms with Gasteiger partial charge in [0.2, 0.25) is 0 Å². The highest BCUT2D eigenvalue weighted by Crippen LogP contribution is 2.42. The maximum absolute atomic E-state index is 6.43. The Kier molecular flexibility index (Phi) is 6.76. The summed E-state index contributed by atoms with van der Waals surface area (Å²) in [4.78, 5) is 15.4. The molecule has 0 bridgehead atoms. The lowest BCUT2D eigenvalue weighted by Crippen LogP contribution is -1.97. The minimum Gasteiger partial charge on any atom is -0.455 e. The van der Waals surface area contributed by atoms with Crippen molar-refractivity contribution in [2.45, 2.75) is 6.42 Å². The summed E-state index contributed by atoms with van der Waals surface area (Å²) >= 11 is 1.86. The minimum atomic E-state index is 0.690. The first-order valence-corrected chi connectivity index (χ1v) is 18.6. The molecular formula is C48H29N3OS. The van der Waals surface area contributed by atoms with Crippen LogP contribution in [0.3, 0.4) is 0 Å². The quantitative estimate of drug-likeness (QED) is 0.180. The molecule has 0 saturated carbocycles. The molecule has 4 heterocycles. The van der Waals surface area contributed by atoms with E-state index in [0.29, 0.717) is 5.82 Å². The Bertz CT molecular complexity index is 3130. The van der Waals surface area contributed by atoms with Gasteiger partial charge in [0.05, 0.1) is 28.0 Å². The molecule has 1 aliphatic carbocycles. The van der Waals surface area contributed by atoms with Gasteiger partial charge in [0.15, 0.2) is 5.82 Å². The summed E-state index contributed by atoms with van der Waals surface area (Å²) in [7, 11) is 0. The van der Waals surface area contributed by atoms with E-state index in [4.69, 9.17) is 19.4 Å². The number of rotatable bonds is 5. The van der Waals surface area contributed by atoms with Gasteiger partial charge < -0.3 is 4.42 Å². The van der Waals surface area contributed by atoms with Crippen molar-refractivity contribution in [3.8, 4) is 45.0 Å². The third-order valence-electron chi connectivity index (χ3n) is 10.3. The normalized spacial score (nSPS) is 12.9. The molecule has 0 fully saturated rings. The van der Waals surface area contributed by atoms with Gasteiger partial charge in [-0.25, -0.2) is 15.0 Å². The van der Waals surface area contributed by atoms with E-state index >= 15 is 0 Å². The van der Waals surface area contributed by atoms with E-state index in [2.05, 4.69) is 133 Å². The van der Waals surface area contributed by atoms with E-state index < -0.39 is 0 Å². The van der Waals surface area contributed by atoms with E-state index in [1.807, 2.05) is 41.7 Å². The number of thiophene rings is 1. The molecule has 1 aliphatic rings. The Morgan fingerprint density at radius 3 is 2.09 bits per heavy atom. The van der Waals surface area contributed by atoms with Crippen molar-refractivity contribution in [2.75, 3.05) is 0 Å². The van der Waals surface area contributed by atoms with Crippen molar-refractivity contribution >= 4 is 69.9 Å². The smallest absolute Gasteiger partial charge is 0.160 e. The van der Waals surface area contributed by atoms with Gasteiger partial charge in [-0.05, 0) is 53.5 Å². The fraction of sp³-hybridized carbons (Fsp3) is 0.0208. The molecule has 0 N–H and O–H groups in total. The average Bonchev–Trinajstić information content (AvgIpc) is 3.99. The van der Waals surface area contributed by atoms with Crippen LogP contribution in [-0.4, -0.2) is 15.0 Å². The molecule has 4 aromatic heterocycles. The zero-order valence-corrected chi connectivity index (χ0v) is 29.3. The lowest BCUT2D eigenvalue weighted by atomic mass is 10.00. The summed E-state index contributed by atoms with van der Waals surface area (Å²) in [5.74, 6) is 0.690. The molecule has 10 aromatic rings. The SMILES string of the molecule is C1=CC(c2cc(-c3ccc(-c4cccc5c4sc4ccccc45)cc3)nc(-c3ccc(-c4nc5ccccc5c5oc6ccccc6c45)cc3)n2)=CC1. The van der Waals surface area contributed by atoms with Gasteiger partial charge in [0.25, 0.3) is 0 Å². The third kappa shape index (κ3) is 4.93. The van der Waals surface area contributed by atoms with Crippen LogP contribution in [0.2, 0.25) is 0 Å². The maximum atomic E-state index is 6.43. The van der Waals surface area contributed by atoms with Gasteiger partial charge in [-0.15, -0.1) is 11.3 Å². The summed E-state index contributed by atoms with van der Waals surface area (Å²) in [6.45, 7) is 0.